The van der Waals surface area contributed by atoms with Crippen molar-refractivity contribution in [3.8, 4) is 0 Å². The molecule has 0 unspecified atom stereocenters. The lowest BCUT2D eigenvalue weighted by molar-refractivity contribution is -0.158. The standard InChI is InChI=1S/C21H28N2O4/c1-14(2)17-10-9-15(3)11-18(17)27-20(25)13-23-19(24)12-22(21(23)26)16-7-5-4-6-8-16/h4-8,14-15,17-18H,9-13H2,1-3H3/t15-,17+,18+/m1/s1. The second kappa shape index (κ2) is 8.11. The smallest absolute Gasteiger partial charge is 0.332 e. The largest absolute Gasteiger partial charge is 0.461 e. The maximum atomic E-state index is 12.6. The highest BCUT2D eigenvalue weighted by molar-refractivity contribution is 6.13. The highest BCUT2D eigenvalue weighted by Gasteiger charge is 2.39. The van der Waals surface area contributed by atoms with Crippen molar-refractivity contribution in [2.75, 3.05) is 18.0 Å². The molecule has 1 heterocycles. The molecular formula is C21H28N2O4. The van der Waals surface area contributed by atoms with Gasteiger partial charge in [-0.3, -0.25) is 19.4 Å². The minimum atomic E-state index is -0.503. The molecule has 1 aromatic rings. The number of nitrogens with zero attached hydrogens (tertiary/aromatic N) is 2. The Kier molecular flexibility index (Phi) is 5.82. The summed E-state index contributed by atoms with van der Waals surface area (Å²) in [5, 5.41) is 0. The minimum absolute atomic E-state index is 0.0504. The van der Waals surface area contributed by atoms with Gasteiger partial charge < -0.3 is 4.74 Å². The zero-order valence-corrected chi connectivity index (χ0v) is 16.3. The first-order chi connectivity index (χ1) is 12.9. The van der Waals surface area contributed by atoms with E-state index in [2.05, 4.69) is 20.8 Å². The Morgan fingerprint density at radius 2 is 1.89 bits per heavy atom. The Morgan fingerprint density at radius 1 is 1.19 bits per heavy atom. The molecule has 0 aromatic heterocycles. The summed E-state index contributed by atoms with van der Waals surface area (Å²) in [5.41, 5.74) is 0.646. The monoisotopic (exact) mass is 372 g/mol. The van der Waals surface area contributed by atoms with Gasteiger partial charge >= 0.3 is 12.0 Å². The number of rotatable bonds is 5. The Bertz CT molecular complexity index is 703. The van der Waals surface area contributed by atoms with Crippen molar-refractivity contribution in [1.82, 2.24) is 4.90 Å². The molecule has 0 bridgehead atoms. The van der Waals surface area contributed by atoms with Gasteiger partial charge in [-0.05, 0) is 42.7 Å². The first-order valence-electron chi connectivity index (χ1n) is 9.73. The van der Waals surface area contributed by atoms with Crippen LogP contribution in [0, 0.1) is 17.8 Å². The predicted molar refractivity (Wildman–Crippen MR) is 102 cm³/mol. The summed E-state index contributed by atoms with van der Waals surface area (Å²) in [5.74, 6) is 0.394. The molecule has 2 aliphatic rings. The fourth-order valence-corrected chi connectivity index (χ4v) is 4.09. The zero-order valence-electron chi connectivity index (χ0n) is 16.3. The fraction of sp³-hybridized carbons (Fsp3) is 0.571. The molecule has 0 radical (unpaired) electrons. The number of carbonyl (C=O) groups excluding carboxylic acids is 3. The van der Waals surface area contributed by atoms with Crippen LogP contribution in [-0.2, 0) is 14.3 Å². The van der Waals surface area contributed by atoms with Crippen molar-refractivity contribution in [3.05, 3.63) is 30.3 Å². The quantitative estimate of drug-likeness (QED) is 0.586. The molecule has 3 atom stereocenters. The lowest BCUT2D eigenvalue weighted by Gasteiger charge is -2.36. The molecule has 6 nitrogen and oxygen atoms in total. The van der Waals surface area contributed by atoms with E-state index in [1.807, 2.05) is 6.07 Å². The molecule has 27 heavy (non-hydrogen) atoms. The average molecular weight is 372 g/mol. The van der Waals surface area contributed by atoms with Crippen molar-refractivity contribution in [2.45, 2.75) is 46.1 Å². The maximum Gasteiger partial charge on any atom is 0.332 e. The lowest BCUT2D eigenvalue weighted by atomic mass is 9.75. The van der Waals surface area contributed by atoms with Gasteiger partial charge in [0.25, 0.3) is 5.91 Å². The van der Waals surface area contributed by atoms with Crippen LogP contribution in [0.25, 0.3) is 0 Å². The van der Waals surface area contributed by atoms with Gasteiger partial charge in [0.15, 0.2) is 0 Å². The normalized spacial score (nSPS) is 26.0. The van der Waals surface area contributed by atoms with Crippen LogP contribution in [0.1, 0.15) is 40.0 Å². The van der Waals surface area contributed by atoms with Crippen molar-refractivity contribution >= 4 is 23.6 Å². The summed E-state index contributed by atoms with van der Waals surface area (Å²) in [7, 11) is 0. The van der Waals surface area contributed by atoms with E-state index in [0.29, 0.717) is 23.4 Å². The third-order valence-electron chi connectivity index (χ3n) is 5.66. The van der Waals surface area contributed by atoms with Crippen molar-refractivity contribution in [3.63, 3.8) is 0 Å². The van der Waals surface area contributed by atoms with Gasteiger partial charge in [-0.2, -0.15) is 0 Å². The van der Waals surface area contributed by atoms with Gasteiger partial charge in [0.2, 0.25) is 0 Å². The highest BCUT2D eigenvalue weighted by Crippen LogP contribution is 2.35. The van der Waals surface area contributed by atoms with Crippen LogP contribution < -0.4 is 4.90 Å². The molecular weight excluding hydrogens is 344 g/mol. The molecule has 1 aliphatic carbocycles. The van der Waals surface area contributed by atoms with Gasteiger partial charge in [-0.25, -0.2) is 4.79 Å². The number of hydrogen-bond donors (Lipinski definition) is 0. The maximum absolute atomic E-state index is 12.6. The van der Waals surface area contributed by atoms with E-state index >= 15 is 0 Å². The average Bonchev–Trinajstić information content (AvgIpc) is 2.90. The van der Waals surface area contributed by atoms with Gasteiger partial charge in [-0.1, -0.05) is 45.4 Å². The SMILES string of the molecule is CC(C)[C@@H]1CC[C@@H](C)C[C@@H]1OC(=O)CN1C(=O)CN(c2ccccc2)C1=O. The van der Waals surface area contributed by atoms with E-state index in [1.165, 1.54) is 4.90 Å². The van der Waals surface area contributed by atoms with Crippen molar-refractivity contribution in [1.29, 1.82) is 0 Å². The van der Waals surface area contributed by atoms with Crippen LogP contribution in [0.3, 0.4) is 0 Å². The summed E-state index contributed by atoms with van der Waals surface area (Å²) < 4.78 is 5.73. The zero-order chi connectivity index (χ0) is 19.6. The molecule has 1 saturated heterocycles. The van der Waals surface area contributed by atoms with Gasteiger partial charge in [0.05, 0.1) is 0 Å². The topological polar surface area (TPSA) is 66.9 Å². The van der Waals surface area contributed by atoms with Gasteiger partial charge in [0, 0.05) is 5.69 Å². The van der Waals surface area contributed by atoms with Crippen LogP contribution in [-0.4, -0.2) is 42.0 Å². The van der Waals surface area contributed by atoms with Crippen LogP contribution in [0.4, 0.5) is 10.5 Å². The molecule has 0 N–H and O–H groups in total. The van der Waals surface area contributed by atoms with Crippen molar-refractivity contribution < 1.29 is 19.1 Å². The fourth-order valence-electron chi connectivity index (χ4n) is 4.09. The lowest BCUT2D eigenvalue weighted by Crippen LogP contribution is -2.41. The third-order valence-corrected chi connectivity index (χ3v) is 5.66. The van der Waals surface area contributed by atoms with Crippen LogP contribution >= 0.6 is 0 Å². The van der Waals surface area contributed by atoms with Crippen LogP contribution in [0.5, 0.6) is 0 Å². The Hall–Kier alpha value is -2.37. The first kappa shape index (κ1) is 19.4. The Morgan fingerprint density at radius 3 is 2.56 bits per heavy atom. The molecule has 146 valence electrons. The van der Waals surface area contributed by atoms with E-state index in [1.54, 1.807) is 24.3 Å². The van der Waals surface area contributed by atoms with Gasteiger partial charge in [-0.15, -0.1) is 0 Å². The van der Waals surface area contributed by atoms with Gasteiger partial charge in [0.1, 0.15) is 19.2 Å². The molecule has 3 rings (SSSR count). The van der Waals surface area contributed by atoms with E-state index in [-0.39, 0.29) is 25.1 Å². The number of imide groups is 1. The second-order valence-electron chi connectivity index (χ2n) is 8.04. The number of hydrogen-bond acceptors (Lipinski definition) is 4. The molecule has 2 fully saturated rings. The summed E-state index contributed by atoms with van der Waals surface area (Å²) in [4.78, 5) is 39.7. The predicted octanol–water partition coefficient (Wildman–Crippen LogP) is 3.46. The van der Waals surface area contributed by atoms with Crippen molar-refractivity contribution in [2.24, 2.45) is 17.8 Å². The van der Waals surface area contributed by atoms with Crippen LogP contribution in [0.2, 0.25) is 0 Å². The number of ether oxygens (including phenoxy) is 1. The van der Waals surface area contributed by atoms with Crippen LogP contribution in [0.15, 0.2) is 30.3 Å². The molecule has 1 saturated carbocycles. The highest BCUT2D eigenvalue weighted by atomic mass is 16.5. The number of amides is 3. The molecule has 3 amide bonds. The summed E-state index contributed by atoms with van der Waals surface area (Å²) in [6.45, 7) is 6.09. The Balaban J connectivity index is 1.63. The molecule has 1 aliphatic heterocycles. The third kappa shape index (κ3) is 4.31. The first-order valence-corrected chi connectivity index (χ1v) is 9.73. The number of anilines is 1. The summed E-state index contributed by atoms with van der Waals surface area (Å²) in [6, 6.07) is 8.52. The van der Waals surface area contributed by atoms with E-state index in [4.69, 9.17) is 4.74 Å². The van der Waals surface area contributed by atoms with E-state index in [0.717, 1.165) is 24.2 Å². The minimum Gasteiger partial charge on any atom is -0.461 e. The summed E-state index contributed by atoms with van der Waals surface area (Å²) >= 11 is 0. The molecule has 6 heteroatoms. The number of benzene rings is 1. The molecule has 0 spiro atoms. The number of carbonyl (C=O) groups is 3. The number of urea groups is 1. The number of esters is 1. The van der Waals surface area contributed by atoms with E-state index < -0.39 is 12.0 Å². The Labute approximate surface area is 160 Å². The summed E-state index contributed by atoms with van der Waals surface area (Å²) in [6.07, 6.45) is 2.89. The van der Waals surface area contributed by atoms with E-state index in [9.17, 15) is 14.4 Å². The second-order valence-corrected chi connectivity index (χ2v) is 8.04. The molecule has 1 aromatic carbocycles. The number of para-hydroxylation sites is 1.